The van der Waals surface area contributed by atoms with Crippen molar-refractivity contribution in [1.82, 2.24) is 5.32 Å². The van der Waals surface area contributed by atoms with E-state index in [1.165, 1.54) is 6.07 Å². The van der Waals surface area contributed by atoms with Crippen molar-refractivity contribution in [1.29, 1.82) is 0 Å². The first-order chi connectivity index (χ1) is 8.97. The molecule has 0 amide bonds. The number of halogens is 4. The maximum atomic E-state index is 12.6. The molecule has 1 aromatic carbocycles. The van der Waals surface area contributed by atoms with Gasteiger partial charge < -0.3 is 10.6 Å². The number of hydrogen-bond acceptors (Lipinski definition) is 2. The van der Waals surface area contributed by atoms with Gasteiger partial charge in [-0.1, -0.05) is 0 Å². The van der Waals surface area contributed by atoms with E-state index in [-0.39, 0.29) is 0 Å². The second-order valence-corrected chi connectivity index (χ2v) is 5.62. The molecule has 1 heterocycles. The Bertz CT molecular complexity index is 428. The van der Waals surface area contributed by atoms with Gasteiger partial charge in [0.1, 0.15) is 0 Å². The first-order valence-corrected chi connectivity index (χ1v) is 7.07. The lowest BCUT2D eigenvalue weighted by Crippen LogP contribution is -2.31. The smallest absolute Gasteiger partial charge is 0.384 e. The molecule has 0 aromatic heterocycles. The van der Waals surface area contributed by atoms with Crippen LogP contribution in [0, 0.1) is 5.92 Å². The minimum atomic E-state index is -4.30. The largest absolute Gasteiger partial charge is 0.416 e. The van der Waals surface area contributed by atoms with E-state index < -0.39 is 11.7 Å². The zero-order valence-corrected chi connectivity index (χ0v) is 11.9. The molecule has 2 N–H and O–H groups in total. The van der Waals surface area contributed by atoms with Crippen LogP contribution in [0.4, 0.5) is 18.9 Å². The van der Waals surface area contributed by atoms with E-state index in [0.717, 1.165) is 38.1 Å². The zero-order valence-electron chi connectivity index (χ0n) is 10.4. The summed E-state index contributed by atoms with van der Waals surface area (Å²) in [6.07, 6.45) is -2.18. The molecule has 2 rings (SSSR count). The van der Waals surface area contributed by atoms with Crippen LogP contribution < -0.4 is 10.6 Å². The number of alkyl halides is 3. The van der Waals surface area contributed by atoms with Gasteiger partial charge in [-0.15, -0.1) is 0 Å². The van der Waals surface area contributed by atoms with E-state index in [4.69, 9.17) is 0 Å². The third-order valence-corrected chi connectivity index (χ3v) is 4.03. The van der Waals surface area contributed by atoms with Gasteiger partial charge in [0.2, 0.25) is 0 Å². The Morgan fingerprint density at radius 3 is 2.58 bits per heavy atom. The van der Waals surface area contributed by atoms with Crippen LogP contribution in [-0.2, 0) is 6.18 Å². The van der Waals surface area contributed by atoms with Crippen molar-refractivity contribution in [3.63, 3.8) is 0 Å². The van der Waals surface area contributed by atoms with Crippen LogP contribution in [0.5, 0.6) is 0 Å². The molecule has 0 bridgehead atoms. The van der Waals surface area contributed by atoms with Crippen LogP contribution in [0.25, 0.3) is 0 Å². The SMILES string of the molecule is FC(F)(F)c1ccc(Br)c(NCC2CCNCC2)c1. The molecule has 2 nitrogen and oxygen atoms in total. The van der Waals surface area contributed by atoms with Crippen LogP contribution in [0.2, 0.25) is 0 Å². The van der Waals surface area contributed by atoms with E-state index in [9.17, 15) is 13.2 Å². The number of benzene rings is 1. The predicted molar refractivity (Wildman–Crippen MR) is 73.2 cm³/mol. The van der Waals surface area contributed by atoms with E-state index >= 15 is 0 Å². The molecule has 0 aliphatic carbocycles. The molecule has 1 fully saturated rings. The summed E-state index contributed by atoms with van der Waals surface area (Å²) >= 11 is 3.28. The lowest BCUT2D eigenvalue weighted by atomic mass is 9.98. The van der Waals surface area contributed by atoms with Crippen molar-refractivity contribution < 1.29 is 13.2 Å². The van der Waals surface area contributed by atoms with Gasteiger partial charge >= 0.3 is 6.18 Å². The van der Waals surface area contributed by atoms with Crippen molar-refractivity contribution in [3.05, 3.63) is 28.2 Å². The molecule has 19 heavy (non-hydrogen) atoms. The third kappa shape index (κ3) is 4.11. The Balaban J connectivity index is 2.02. The molecule has 0 saturated carbocycles. The summed E-state index contributed by atoms with van der Waals surface area (Å²) in [6, 6.07) is 3.68. The molecular weight excluding hydrogens is 321 g/mol. The third-order valence-electron chi connectivity index (χ3n) is 3.33. The quantitative estimate of drug-likeness (QED) is 0.875. The van der Waals surface area contributed by atoms with Crippen LogP contribution in [0.3, 0.4) is 0 Å². The Kier molecular flexibility index (Phi) is 4.73. The summed E-state index contributed by atoms with van der Waals surface area (Å²) in [5.74, 6) is 0.516. The monoisotopic (exact) mass is 336 g/mol. The van der Waals surface area contributed by atoms with Crippen LogP contribution in [0.15, 0.2) is 22.7 Å². The molecule has 106 valence electrons. The fourth-order valence-corrected chi connectivity index (χ4v) is 2.56. The molecule has 6 heteroatoms. The first kappa shape index (κ1) is 14.7. The molecule has 1 aliphatic heterocycles. The maximum absolute atomic E-state index is 12.6. The molecule has 0 radical (unpaired) electrons. The van der Waals surface area contributed by atoms with E-state index in [0.29, 0.717) is 22.6 Å². The Morgan fingerprint density at radius 2 is 1.95 bits per heavy atom. The summed E-state index contributed by atoms with van der Waals surface area (Å²) in [7, 11) is 0. The summed E-state index contributed by atoms with van der Waals surface area (Å²) in [5.41, 5.74) is -0.114. The number of piperidine rings is 1. The molecule has 1 aliphatic rings. The normalized spacial score (nSPS) is 17.5. The summed E-state index contributed by atoms with van der Waals surface area (Å²) < 4.78 is 38.6. The first-order valence-electron chi connectivity index (χ1n) is 6.28. The van der Waals surface area contributed by atoms with Gasteiger partial charge in [0.15, 0.2) is 0 Å². The standard InChI is InChI=1S/C13H16BrF3N2/c14-11-2-1-10(13(15,16)17)7-12(11)19-8-9-3-5-18-6-4-9/h1-2,7,9,18-19H,3-6,8H2. The lowest BCUT2D eigenvalue weighted by Gasteiger charge is -2.23. The van der Waals surface area contributed by atoms with Crippen LogP contribution >= 0.6 is 15.9 Å². The van der Waals surface area contributed by atoms with Crippen molar-refractivity contribution in [2.75, 3.05) is 25.0 Å². The predicted octanol–water partition coefficient (Wildman–Crippen LogP) is 3.88. The summed E-state index contributed by atoms with van der Waals surface area (Å²) in [6.45, 7) is 2.67. The fraction of sp³-hybridized carbons (Fsp3) is 0.538. The lowest BCUT2D eigenvalue weighted by molar-refractivity contribution is -0.137. The summed E-state index contributed by atoms with van der Waals surface area (Å²) in [4.78, 5) is 0. The summed E-state index contributed by atoms with van der Waals surface area (Å²) in [5, 5.41) is 6.39. The Morgan fingerprint density at radius 1 is 1.26 bits per heavy atom. The Hall–Kier alpha value is -0.750. The number of rotatable bonds is 3. The van der Waals surface area contributed by atoms with Gasteiger partial charge in [-0.05, 0) is 66.0 Å². The van der Waals surface area contributed by atoms with E-state index in [1.807, 2.05) is 0 Å². The van der Waals surface area contributed by atoms with E-state index in [2.05, 4.69) is 26.6 Å². The van der Waals surface area contributed by atoms with Crippen molar-refractivity contribution in [3.8, 4) is 0 Å². The van der Waals surface area contributed by atoms with Gasteiger partial charge in [-0.2, -0.15) is 13.2 Å². The fourth-order valence-electron chi connectivity index (χ4n) is 2.18. The highest BCUT2D eigenvalue weighted by Crippen LogP contribution is 2.34. The van der Waals surface area contributed by atoms with Gasteiger partial charge in [-0.3, -0.25) is 0 Å². The van der Waals surface area contributed by atoms with Gasteiger partial charge in [0.25, 0.3) is 0 Å². The molecule has 1 aromatic rings. The minimum absolute atomic E-state index is 0.508. The number of anilines is 1. The van der Waals surface area contributed by atoms with Gasteiger partial charge in [0, 0.05) is 16.7 Å². The van der Waals surface area contributed by atoms with Crippen molar-refractivity contribution >= 4 is 21.6 Å². The zero-order chi connectivity index (χ0) is 13.9. The highest BCUT2D eigenvalue weighted by Gasteiger charge is 2.30. The molecule has 0 atom stereocenters. The van der Waals surface area contributed by atoms with Crippen molar-refractivity contribution in [2.24, 2.45) is 5.92 Å². The van der Waals surface area contributed by atoms with Crippen LogP contribution in [0.1, 0.15) is 18.4 Å². The average Bonchev–Trinajstić information content (AvgIpc) is 2.37. The maximum Gasteiger partial charge on any atom is 0.416 e. The molecule has 1 saturated heterocycles. The average molecular weight is 337 g/mol. The van der Waals surface area contributed by atoms with Crippen LogP contribution in [-0.4, -0.2) is 19.6 Å². The highest BCUT2D eigenvalue weighted by molar-refractivity contribution is 9.10. The highest BCUT2D eigenvalue weighted by atomic mass is 79.9. The van der Waals surface area contributed by atoms with E-state index in [1.54, 1.807) is 0 Å². The van der Waals surface area contributed by atoms with Gasteiger partial charge in [0.05, 0.1) is 5.56 Å². The van der Waals surface area contributed by atoms with Gasteiger partial charge in [-0.25, -0.2) is 0 Å². The minimum Gasteiger partial charge on any atom is -0.384 e. The topological polar surface area (TPSA) is 24.1 Å². The number of nitrogens with one attached hydrogen (secondary N) is 2. The number of hydrogen-bond donors (Lipinski definition) is 2. The molecular formula is C13H16BrF3N2. The second-order valence-electron chi connectivity index (χ2n) is 4.77. The van der Waals surface area contributed by atoms with Crippen molar-refractivity contribution in [2.45, 2.75) is 19.0 Å². The molecule has 0 unspecified atom stereocenters. The Labute approximate surface area is 118 Å². The second kappa shape index (κ2) is 6.13. The molecule has 0 spiro atoms.